The Labute approximate surface area is 159 Å². The fourth-order valence-corrected chi connectivity index (χ4v) is 2.66. The Morgan fingerprint density at radius 2 is 1.81 bits per heavy atom. The maximum atomic E-state index is 12.5. The molecule has 0 aromatic heterocycles. The lowest BCUT2D eigenvalue weighted by atomic mass is 10.1. The van der Waals surface area contributed by atoms with Gasteiger partial charge in [-0.1, -0.05) is 30.3 Å². The monoisotopic (exact) mass is 377 g/mol. The van der Waals surface area contributed by atoms with Gasteiger partial charge in [0, 0.05) is 13.1 Å². The average molecular weight is 377 g/mol. The van der Waals surface area contributed by atoms with Crippen molar-refractivity contribution in [1.29, 1.82) is 5.41 Å². The van der Waals surface area contributed by atoms with Gasteiger partial charge >= 0.3 is 12.2 Å². The Hall–Kier alpha value is -2.77. The first-order valence-electron chi connectivity index (χ1n) is 8.79. The number of ether oxygens (including phenoxy) is 3. The minimum absolute atomic E-state index is 0.111. The minimum atomic E-state index is -0.723. The molecule has 2 rings (SSSR count). The summed E-state index contributed by atoms with van der Waals surface area (Å²) in [4.78, 5) is 27.7. The van der Waals surface area contributed by atoms with E-state index in [0.29, 0.717) is 6.54 Å². The van der Waals surface area contributed by atoms with Crippen molar-refractivity contribution < 1.29 is 23.8 Å². The molecule has 1 aromatic rings. The van der Waals surface area contributed by atoms with Gasteiger partial charge in [-0.25, -0.2) is 9.59 Å². The molecule has 1 N–H and O–H groups in total. The summed E-state index contributed by atoms with van der Waals surface area (Å²) in [6.45, 7) is 6.14. The van der Waals surface area contributed by atoms with Gasteiger partial charge in [-0.05, 0) is 26.3 Å². The third-order valence-electron chi connectivity index (χ3n) is 3.99. The van der Waals surface area contributed by atoms with Crippen LogP contribution in [0.2, 0.25) is 0 Å². The molecular formula is C19H27N3O5. The van der Waals surface area contributed by atoms with Crippen LogP contribution < -0.4 is 0 Å². The number of nitrogens with zero attached hydrogens (tertiary/aromatic N) is 2. The van der Waals surface area contributed by atoms with Crippen molar-refractivity contribution in [3.63, 3.8) is 0 Å². The van der Waals surface area contributed by atoms with Crippen molar-refractivity contribution in [3.8, 4) is 0 Å². The summed E-state index contributed by atoms with van der Waals surface area (Å²) in [6.07, 6.45) is -1.02. The van der Waals surface area contributed by atoms with Crippen molar-refractivity contribution in [1.82, 2.24) is 9.80 Å². The Morgan fingerprint density at radius 3 is 2.41 bits per heavy atom. The molecule has 1 saturated heterocycles. The average Bonchev–Trinajstić information content (AvgIpc) is 2.64. The summed E-state index contributed by atoms with van der Waals surface area (Å²) in [5.74, 6) is -0.111. The van der Waals surface area contributed by atoms with E-state index in [2.05, 4.69) is 0 Å². The normalized spacial score (nSPS) is 17.3. The molecule has 1 aromatic carbocycles. The Balaban J connectivity index is 2.02. The third kappa shape index (κ3) is 5.87. The van der Waals surface area contributed by atoms with E-state index >= 15 is 0 Å². The molecule has 148 valence electrons. The van der Waals surface area contributed by atoms with Gasteiger partial charge in [-0.15, -0.1) is 0 Å². The van der Waals surface area contributed by atoms with Crippen molar-refractivity contribution in [2.45, 2.75) is 39.0 Å². The fourth-order valence-electron chi connectivity index (χ4n) is 2.66. The smallest absolute Gasteiger partial charge is 0.410 e. The second-order valence-electron chi connectivity index (χ2n) is 7.24. The number of methoxy groups -OCH3 is 1. The molecule has 1 atom stereocenters. The molecule has 1 unspecified atom stereocenters. The molecule has 1 heterocycles. The van der Waals surface area contributed by atoms with Crippen LogP contribution in [-0.4, -0.2) is 66.3 Å². The quantitative estimate of drug-likeness (QED) is 0.646. The SMILES string of the molecule is COC(=N)C1CN(C(=O)OC(C)(C)C)CCN1C(=O)OCc1ccccc1. The predicted molar refractivity (Wildman–Crippen MR) is 99.7 cm³/mol. The highest BCUT2D eigenvalue weighted by Gasteiger charge is 2.38. The van der Waals surface area contributed by atoms with Gasteiger partial charge in [0.1, 0.15) is 18.2 Å². The lowest BCUT2D eigenvalue weighted by Gasteiger charge is -2.40. The van der Waals surface area contributed by atoms with Gasteiger partial charge in [-0.3, -0.25) is 10.3 Å². The zero-order valence-corrected chi connectivity index (χ0v) is 16.2. The number of hydrogen-bond donors (Lipinski definition) is 1. The summed E-state index contributed by atoms with van der Waals surface area (Å²) in [6, 6.07) is 8.62. The van der Waals surface area contributed by atoms with Crippen LogP contribution in [0.5, 0.6) is 0 Å². The van der Waals surface area contributed by atoms with Gasteiger partial charge in [0.15, 0.2) is 0 Å². The first kappa shape index (κ1) is 20.5. The molecule has 0 aliphatic carbocycles. The van der Waals surface area contributed by atoms with Crippen LogP contribution in [0, 0.1) is 5.41 Å². The lowest BCUT2D eigenvalue weighted by Crippen LogP contribution is -2.60. The maximum absolute atomic E-state index is 12.5. The van der Waals surface area contributed by atoms with E-state index in [-0.39, 0.29) is 25.6 Å². The van der Waals surface area contributed by atoms with Crippen molar-refractivity contribution in [2.75, 3.05) is 26.7 Å². The van der Waals surface area contributed by atoms with Crippen LogP contribution in [0.4, 0.5) is 9.59 Å². The first-order chi connectivity index (χ1) is 12.7. The maximum Gasteiger partial charge on any atom is 0.410 e. The number of benzene rings is 1. The molecular weight excluding hydrogens is 350 g/mol. The highest BCUT2D eigenvalue weighted by molar-refractivity contribution is 5.84. The molecule has 8 heteroatoms. The number of amides is 2. The Kier molecular flexibility index (Phi) is 6.65. The van der Waals surface area contributed by atoms with E-state index in [0.717, 1.165) is 5.56 Å². The molecule has 0 saturated carbocycles. The number of carbonyl (C=O) groups excluding carboxylic acids is 2. The zero-order valence-electron chi connectivity index (χ0n) is 16.2. The van der Waals surface area contributed by atoms with Gasteiger partial charge in [0.25, 0.3) is 0 Å². The summed E-state index contributed by atoms with van der Waals surface area (Å²) in [5, 5.41) is 8.01. The summed E-state index contributed by atoms with van der Waals surface area (Å²) < 4.78 is 15.8. The van der Waals surface area contributed by atoms with Crippen LogP contribution in [0.3, 0.4) is 0 Å². The summed E-state index contributed by atoms with van der Waals surface area (Å²) >= 11 is 0. The molecule has 0 radical (unpaired) electrons. The van der Waals surface area contributed by atoms with E-state index in [9.17, 15) is 9.59 Å². The van der Waals surface area contributed by atoms with Gasteiger partial charge in [0.2, 0.25) is 5.90 Å². The topological polar surface area (TPSA) is 92.2 Å². The fraction of sp³-hybridized carbons (Fsp3) is 0.526. The Morgan fingerprint density at radius 1 is 1.15 bits per heavy atom. The second kappa shape index (κ2) is 8.75. The number of hydrogen-bond acceptors (Lipinski definition) is 6. The van der Waals surface area contributed by atoms with Gasteiger partial charge in [0.05, 0.1) is 13.7 Å². The number of piperazine rings is 1. The number of rotatable bonds is 3. The van der Waals surface area contributed by atoms with E-state index in [1.807, 2.05) is 30.3 Å². The lowest BCUT2D eigenvalue weighted by molar-refractivity contribution is 0.00621. The van der Waals surface area contributed by atoms with Gasteiger partial charge in [-0.2, -0.15) is 0 Å². The van der Waals surface area contributed by atoms with Crippen molar-refractivity contribution >= 4 is 18.1 Å². The van der Waals surface area contributed by atoms with Crippen LogP contribution in [0.15, 0.2) is 30.3 Å². The first-order valence-corrected chi connectivity index (χ1v) is 8.79. The summed E-state index contributed by atoms with van der Waals surface area (Å²) in [7, 11) is 1.36. The highest BCUT2D eigenvalue weighted by Crippen LogP contribution is 2.17. The second-order valence-corrected chi connectivity index (χ2v) is 7.24. The number of nitrogens with one attached hydrogen (secondary N) is 1. The van der Waals surface area contributed by atoms with Crippen LogP contribution in [0.1, 0.15) is 26.3 Å². The summed E-state index contributed by atoms with van der Waals surface area (Å²) in [5.41, 5.74) is 0.254. The zero-order chi connectivity index (χ0) is 20.0. The molecule has 0 bridgehead atoms. The van der Waals surface area contributed by atoms with Crippen LogP contribution in [-0.2, 0) is 20.8 Å². The highest BCUT2D eigenvalue weighted by atomic mass is 16.6. The van der Waals surface area contributed by atoms with Crippen LogP contribution >= 0.6 is 0 Å². The molecule has 27 heavy (non-hydrogen) atoms. The minimum Gasteiger partial charge on any atom is -0.483 e. The van der Waals surface area contributed by atoms with Crippen molar-refractivity contribution in [3.05, 3.63) is 35.9 Å². The predicted octanol–water partition coefficient (Wildman–Crippen LogP) is 2.87. The standard InChI is InChI=1S/C19H27N3O5/c1-19(2,3)27-17(23)21-10-11-22(15(12-21)16(20)25-4)18(24)26-13-14-8-6-5-7-9-14/h5-9,15,20H,10-13H2,1-4H3. The van der Waals surface area contributed by atoms with Gasteiger partial charge < -0.3 is 19.1 Å². The molecule has 1 aliphatic heterocycles. The molecule has 1 fully saturated rings. The van der Waals surface area contributed by atoms with E-state index in [1.165, 1.54) is 16.9 Å². The van der Waals surface area contributed by atoms with Crippen molar-refractivity contribution in [2.24, 2.45) is 0 Å². The molecule has 2 amide bonds. The Bertz CT molecular complexity index is 672. The third-order valence-corrected chi connectivity index (χ3v) is 3.99. The number of carbonyl (C=O) groups is 2. The largest absolute Gasteiger partial charge is 0.483 e. The molecule has 8 nitrogen and oxygen atoms in total. The van der Waals surface area contributed by atoms with E-state index in [1.54, 1.807) is 20.8 Å². The van der Waals surface area contributed by atoms with E-state index in [4.69, 9.17) is 19.6 Å². The molecule has 0 spiro atoms. The van der Waals surface area contributed by atoms with Crippen LogP contribution in [0.25, 0.3) is 0 Å². The van der Waals surface area contributed by atoms with E-state index < -0.39 is 23.8 Å². The molecule has 1 aliphatic rings.